The summed E-state index contributed by atoms with van der Waals surface area (Å²) in [5, 5.41) is 6.08. The summed E-state index contributed by atoms with van der Waals surface area (Å²) in [5.41, 5.74) is 0.310. The van der Waals surface area contributed by atoms with Crippen LogP contribution in [-0.4, -0.2) is 25.7 Å². The second-order valence-electron chi connectivity index (χ2n) is 6.46. The third kappa shape index (κ3) is 4.16. The number of amides is 1. The van der Waals surface area contributed by atoms with Crippen LogP contribution in [0.15, 0.2) is 30.3 Å². The Kier molecular flexibility index (Phi) is 5.73. The Bertz CT molecular complexity index is 947. The fraction of sp³-hybridized carbons (Fsp3) is 0.316. The first-order chi connectivity index (χ1) is 13.5. The molecule has 0 saturated carbocycles. The molecule has 3 rings (SSSR count). The highest BCUT2D eigenvalue weighted by molar-refractivity contribution is 6.31. The van der Waals surface area contributed by atoms with Crippen LogP contribution in [0.2, 0.25) is 5.02 Å². The second kappa shape index (κ2) is 7.79. The van der Waals surface area contributed by atoms with Gasteiger partial charge in [-0.1, -0.05) is 11.6 Å². The summed E-state index contributed by atoms with van der Waals surface area (Å²) in [7, 11) is 0.966. The molecule has 4 nitrogen and oxygen atoms in total. The summed E-state index contributed by atoms with van der Waals surface area (Å²) < 4.78 is 70.7. The second-order valence-corrected chi connectivity index (χ2v) is 6.87. The maximum atomic E-state index is 13.9. The van der Waals surface area contributed by atoms with E-state index in [4.69, 9.17) is 11.6 Å². The maximum absolute atomic E-state index is 13.9. The summed E-state index contributed by atoms with van der Waals surface area (Å²) in [6.07, 6.45) is -5.12. The van der Waals surface area contributed by atoms with Gasteiger partial charge in [-0.15, -0.1) is 0 Å². The van der Waals surface area contributed by atoms with E-state index >= 15 is 0 Å². The molecule has 0 aliphatic carbocycles. The molecule has 1 amide bonds. The van der Waals surface area contributed by atoms with E-state index in [0.717, 1.165) is 43.3 Å². The Balaban J connectivity index is 1.92. The molecular formula is C19H16ClF5N2O2. The number of carbonyl (C=O) groups is 1. The van der Waals surface area contributed by atoms with E-state index in [9.17, 15) is 26.7 Å². The summed E-state index contributed by atoms with van der Waals surface area (Å²) in [5.74, 6) is -6.71. The number of alkyl halides is 5. The molecule has 0 spiro atoms. The lowest BCUT2D eigenvalue weighted by Crippen LogP contribution is -2.34. The van der Waals surface area contributed by atoms with E-state index in [1.807, 2.05) is 0 Å². The molecule has 0 radical (unpaired) electrons. The lowest BCUT2D eigenvalue weighted by atomic mass is 10.00. The molecule has 0 unspecified atom stereocenters. The lowest BCUT2D eigenvalue weighted by Gasteiger charge is -2.22. The SMILES string of the molecule is COc1ccc(C(=O)Nc2cc(Cl)c3c(c2)CNCC3)cc1C(F)(F)C(F)(F)F. The third-order valence-electron chi connectivity index (χ3n) is 4.57. The molecule has 0 aromatic heterocycles. The molecule has 0 atom stereocenters. The number of hydrogen-bond acceptors (Lipinski definition) is 3. The highest BCUT2D eigenvalue weighted by atomic mass is 35.5. The number of rotatable bonds is 4. The van der Waals surface area contributed by atoms with Crippen molar-refractivity contribution >= 4 is 23.2 Å². The number of nitrogens with one attached hydrogen (secondary N) is 2. The smallest absolute Gasteiger partial charge is 0.458 e. The first-order valence-electron chi connectivity index (χ1n) is 8.51. The van der Waals surface area contributed by atoms with Gasteiger partial charge in [-0.3, -0.25) is 4.79 Å². The Morgan fingerprint density at radius 2 is 1.90 bits per heavy atom. The van der Waals surface area contributed by atoms with Crippen molar-refractivity contribution in [3.63, 3.8) is 0 Å². The molecule has 29 heavy (non-hydrogen) atoms. The predicted molar refractivity (Wildman–Crippen MR) is 97.8 cm³/mol. The zero-order valence-electron chi connectivity index (χ0n) is 15.1. The van der Waals surface area contributed by atoms with Crippen molar-refractivity contribution in [3.05, 3.63) is 57.6 Å². The van der Waals surface area contributed by atoms with E-state index in [1.54, 1.807) is 6.07 Å². The molecule has 1 aliphatic rings. The van der Waals surface area contributed by atoms with E-state index in [2.05, 4.69) is 15.4 Å². The van der Waals surface area contributed by atoms with E-state index in [1.165, 1.54) is 6.07 Å². The van der Waals surface area contributed by atoms with Crippen molar-refractivity contribution in [1.29, 1.82) is 0 Å². The lowest BCUT2D eigenvalue weighted by molar-refractivity contribution is -0.289. The van der Waals surface area contributed by atoms with E-state index in [-0.39, 0.29) is 5.56 Å². The van der Waals surface area contributed by atoms with Gasteiger partial charge in [0.25, 0.3) is 5.91 Å². The number of anilines is 1. The van der Waals surface area contributed by atoms with Crippen LogP contribution in [0.4, 0.5) is 27.6 Å². The summed E-state index contributed by atoms with van der Waals surface area (Å²) >= 11 is 6.23. The number of methoxy groups -OCH3 is 1. The van der Waals surface area contributed by atoms with Crippen LogP contribution in [0, 0.1) is 0 Å². The van der Waals surface area contributed by atoms with E-state index in [0.29, 0.717) is 23.3 Å². The predicted octanol–water partition coefficient (Wildman–Crippen LogP) is 4.90. The van der Waals surface area contributed by atoms with Crippen LogP contribution in [0.25, 0.3) is 0 Å². The van der Waals surface area contributed by atoms with Gasteiger partial charge in [-0.25, -0.2) is 0 Å². The first-order valence-corrected chi connectivity index (χ1v) is 8.89. The summed E-state index contributed by atoms with van der Waals surface area (Å²) in [6, 6.07) is 5.67. The monoisotopic (exact) mass is 434 g/mol. The number of fused-ring (bicyclic) bond motifs is 1. The molecule has 0 bridgehead atoms. The fourth-order valence-corrected chi connectivity index (χ4v) is 3.42. The van der Waals surface area contributed by atoms with Crippen LogP contribution in [0.5, 0.6) is 5.75 Å². The average molecular weight is 435 g/mol. The molecule has 2 N–H and O–H groups in total. The molecule has 1 heterocycles. The molecule has 10 heteroatoms. The fourth-order valence-electron chi connectivity index (χ4n) is 3.09. The molecule has 2 aromatic rings. The number of halogens is 6. The number of hydrogen-bond donors (Lipinski definition) is 2. The molecule has 0 fully saturated rings. The molecule has 0 saturated heterocycles. The van der Waals surface area contributed by atoms with Crippen molar-refractivity contribution < 1.29 is 31.5 Å². The highest BCUT2D eigenvalue weighted by Crippen LogP contribution is 2.47. The van der Waals surface area contributed by atoms with Crippen LogP contribution >= 0.6 is 11.6 Å². The average Bonchev–Trinajstić information content (AvgIpc) is 2.66. The van der Waals surface area contributed by atoms with Crippen molar-refractivity contribution in [2.75, 3.05) is 19.0 Å². The van der Waals surface area contributed by atoms with Crippen molar-refractivity contribution in [1.82, 2.24) is 5.32 Å². The van der Waals surface area contributed by atoms with Crippen LogP contribution in [0.1, 0.15) is 27.0 Å². The van der Waals surface area contributed by atoms with Crippen LogP contribution in [-0.2, 0) is 18.9 Å². The first kappa shape index (κ1) is 21.3. The normalized spacial score (nSPS) is 14.3. The van der Waals surface area contributed by atoms with Crippen molar-refractivity contribution in [2.45, 2.75) is 25.1 Å². The third-order valence-corrected chi connectivity index (χ3v) is 4.91. The molecule has 1 aliphatic heterocycles. The molecule has 2 aromatic carbocycles. The minimum atomic E-state index is -5.84. The number of carbonyl (C=O) groups excluding carboxylic acids is 1. The van der Waals surface area contributed by atoms with Gasteiger partial charge in [0, 0.05) is 22.8 Å². The topological polar surface area (TPSA) is 50.4 Å². The van der Waals surface area contributed by atoms with Gasteiger partial charge in [-0.2, -0.15) is 22.0 Å². The summed E-state index contributed by atoms with van der Waals surface area (Å²) in [6.45, 7) is 1.31. The van der Waals surface area contributed by atoms with Gasteiger partial charge in [0.05, 0.1) is 12.7 Å². The summed E-state index contributed by atoms with van der Waals surface area (Å²) in [4.78, 5) is 12.5. The van der Waals surface area contributed by atoms with Gasteiger partial charge in [0.1, 0.15) is 5.75 Å². The number of ether oxygens (including phenoxy) is 1. The van der Waals surface area contributed by atoms with Crippen LogP contribution in [0.3, 0.4) is 0 Å². The van der Waals surface area contributed by atoms with Gasteiger partial charge in [0.2, 0.25) is 0 Å². The maximum Gasteiger partial charge on any atom is 0.458 e. The minimum absolute atomic E-state index is 0.308. The zero-order valence-corrected chi connectivity index (χ0v) is 15.8. The van der Waals surface area contributed by atoms with Crippen molar-refractivity contribution in [3.8, 4) is 5.75 Å². The van der Waals surface area contributed by atoms with Crippen molar-refractivity contribution in [2.24, 2.45) is 0 Å². The van der Waals surface area contributed by atoms with Gasteiger partial charge in [-0.05, 0) is 54.4 Å². The molecular weight excluding hydrogens is 419 g/mol. The quantitative estimate of drug-likeness (QED) is 0.673. The van der Waals surface area contributed by atoms with Gasteiger partial charge < -0.3 is 15.4 Å². The Morgan fingerprint density at radius 1 is 1.17 bits per heavy atom. The Labute approximate surface area is 168 Å². The van der Waals surface area contributed by atoms with Gasteiger partial charge in [0.15, 0.2) is 0 Å². The highest BCUT2D eigenvalue weighted by Gasteiger charge is 2.60. The zero-order chi connectivity index (χ0) is 21.4. The van der Waals surface area contributed by atoms with Crippen LogP contribution < -0.4 is 15.4 Å². The largest absolute Gasteiger partial charge is 0.496 e. The standard InChI is InChI=1S/C19H16ClF5N2O2/c1-29-16-3-2-10(7-14(16)18(21,22)19(23,24)25)17(28)27-12-6-11-9-26-5-4-13(11)15(20)8-12/h2-3,6-8,26H,4-5,9H2,1H3,(H,27,28). The minimum Gasteiger partial charge on any atom is -0.496 e. The van der Waals surface area contributed by atoms with Gasteiger partial charge >= 0.3 is 12.1 Å². The Hall–Kier alpha value is -2.39. The Morgan fingerprint density at radius 3 is 2.55 bits per heavy atom. The number of benzene rings is 2. The van der Waals surface area contributed by atoms with E-state index < -0.39 is 29.3 Å². The molecule has 156 valence electrons.